The summed E-state index contributed by atoms with van der Waals surface area (Å²) in [6.45, 7) is 3.49. The summed E-state index contributed by atoms with van der Waals surface area (Å²) in [5.41, 5.74) is 6.09. The van der Waals surface area contributed by atoms with Crippen molar-refractivity contribution in [1.82, 2.24) is 5.32 Å². The number of benzene rings is 1. The lowest BCUT2D eigenvalue weighted by atomic mass is 10.1. The van der Waals surface area contributed by atoms with E-state index in [9.17, 15) is 9.59 Å². The minimum absolute atomic E-state index is 0.00349. The number of carbonyl (C=O) groups excluding carboxylic acids is 2. The third-order valence-corrected chi connectivity index (χ3v) is 3.20. The Hall–Kier alpha value is -1.30. The smallest absolute Gasteiger partial charge is 0.243 e. The zero-order valence-corrected chi connectivity index (χ0v) is 12.8. The SMILES string of the molecule is CC(C)[C@H](N)C(=O)NCC(=O)Nc1ccc(Cl)cc1Cl. The zero-order valence-electron chi connectivity index (χ0n) is 11.2. The van der Waals surface area contributed by atoms with E-state index >= 15 is 0 Å². The molecule has 0 spiro atoms. The van der Waals surface area contributed by atoms with Crippen molar-refractivity contribution in [3.8, 4) is 0 Å². The second kappa shape index (κ2) is 7.47. The highest BCUT2D eigenvalue weighted by Crippen LogP contribution is 2.25. The summed E-state index contributed by atoms with van der Waals surface area (Å²) < 4.78 is 0. The van der Waals surface area contributed by atoms with Gasteiger partial charge in [-0.25, -0.2) is 0 Å². The highest BCUT2D eigenvalue weighted by Gasteiger charge is 2.17. The van der Waals surface area contributed by atoms with Crippen LogP contribution in [0.15, 0.2) is 18.2 Å². The second-order valence-electron chi connectivity index (χ2n) is 4.66. The van der Waals surface area contributed by atoms with Crippen molar-refractivity contribution in [1.29, 1.82) is 0 Å². The van der Waals surface area contributed by atoms with Crippen molar-refractivity contribution in [2.24, 2.45) is 11.7 Å². The zero-order chi connectivity index (χ0) is 15.3. The van der Waals surface area contributed by atoms with E-state index in [0.717, 1.165) is 0 Å². The van der Waals surface area contributed by atoms with E-state index in [2.05, 4.69) is 10.6 Å². The standard InChI is InChI=1S/C13H17Cl2N3O2/c1-7(2)12(16)13(20)17-6-11(19)18-10-4-3-8(14)5-9(10)15/h3-5,7,12H,6,16H2,1-2H3,(H,17,20)(H,18,19)/t12-/m0/s1. The van der Waals surface area contributed by atoms with Gasteiger partial charge >= 0.3 is 0 Å². The topological polar surface area (TPSA) is 84.2 Å². The van der Waals surface area contributed by atoms with Crippen LogP contribution in [-0.4, -0.2) is 24.4 Å². The molecule has 1 atom stereocenters. The summed E-state index contributed by atoms with van der Waals surface area (Å²) in [6, 6.07) is 4.08. The van der Waals surface area contributed by atoms with Crippen molar-refractivity contribution in [3.05, 3.63) is 28.2 Å². The Bertz CT molecular complexity index is 506. The molecule has 0 radical (unpaired) electrons. The lowest BCUT2D eigenvalue weighted by molar-refractivity contribution is -0.125. The van der Waals surface area contributed by atoms with E-state index in [4.69, 9.17) is 28.9 Å². The summed E-state index contributed by atoms with van der Waals surface area (Å²) in [5.74, 6) is -0.750. The van der Waals surface area contributed by atoms with E-state index in [-0.39, 0.29) is 18.4 Å². The quantitative estimate of drug-likeness (QED) is 0.777. The van der Waals surface area contributed by atoms with Crippen LogP contribution >= 0.6 is 23.2 Å². The molecule has 0 fully saturated rings. The fourth-order valence-electron chi connectivity index (χ4n) is 1.37. The highest BCUT2D eigenvalue weighted by molar-refractivity contribution is 6.36. The van der Waals surface area contributed by atoms with Crippen LogP contribution in [-0.2, 0) is 9.59 Å². The van der Waals surface area contributed by atoms with Gasteiger partial charge in [0.15, 0.2) is 0 Å². The number of nitrogens with two attached hydrogens (primary N) is 1. The molecular formula is C13H17Cl2N3O2. The number of anilines is 1. The summed E-state index contributed by atoms with van der Waals surface area (Å²) in [7, 11) is 0. The van der Waals surface area contributed by atoms with Crippen molar-refractivity contribution >= 4 is 40.7 Å². The first-order valence-electron chi connectivity index (χ1n) is 6.09. The van der Waals surface area contributed by atoms with Gasteiger partial charge < -0.3 is 16.4 Å². The van der Waals surface area contributed by atoms with E-state index in [1.165, 1.54) is 6.07 Å². The number of halogens is 2. The molecule has 110 valence electrons. The highest BCUT2D eigenvalue weighted by atomic mass is 35.5. The van der Waals surface area contributed by atoms with Crippen LogP contribution in [0, 0.1) is 5.92 Å². The molecule has 0 aliphatic carbocycles. The molecule has 0 aromatic heterocycles. The molecule has 0 saturated carbocycles. The minimum atomic E-state index is -0.637. The van der Waals surface area contributed by atoms with E-state index < -0.39 is 11.9 Å². The third kappa shape index (κ3) is 5.00. The molecule has 20 heavy (non-hydrogen) atoms. The predicted octanol–water partition coefficient (Wildman–Crippen LogP) is 2.03. The van der Waals surface area contributed by atoms with Crippen LogP contribution in [0.3, 0.4) is 0 Å². The normalized spacial score (nSPS) is 12.1. The second-order valence-corrected chi connectivity index (χ2v) is 5.50. The van der Waals surface area contributed by atoms with Gasteiger partial charge in [0.05, 0.1) is 23.3 Å². The van der Waals surface area contributed by atoms with Gasteiger partial charge in [-0.1, -0.05) is 37.0 Å². The molecule has 1 rings (SSSR count). The van der Waals surface area contributed by atoms with Crippen molar-refractivity contribution in [2.75, 3.05) is 11.9 Å². The lowest BCUT2D eigenvalue weighted by Crippen LogP contribution is -2.46. The number of hydrogen-bond acceptors (Lipinski definition) is 3. The monoisotopic (exact) mass is 317 g/mol. The number of rotatable bonds is 5. The molecule has 1 aromatic carbocycles. The first kappa shape index (κ1) is 16.8. The van der Waals surface area contributed by atoms with Gasteiger partial charge in [-0.05, 0) is 24.1 Å². The molecule has 1 aromatic rings. The number of nitrogens with one attached hydrogen (secondary N) is 2. The number of hydrogen-bond donors (Lipinski definition) is 3. The fraction of sp³-hybridized carbons (Fsp3) is 0.385. The Kier molecular flexibility index (Phi) is 6.26. The third-order valence-electron chi connectivity index (χ3n) is 2.65. The maximum Gasteiger partial charge on any atom is 0.243 e. The average Bonchev–Trinajstić information content (AvgIpc) is 2.38. The summed E-state index contributed by atoms with van der Waals surface area (Å²) in [4.78, 5) is 23.3. The maximum atomic E-state index is 11.7. The molecule has 7 heteroatoms. The molecule has 2 amide bonds. The summed E-state index contributed by atoms with van der Waals surface area (Å²) in [6.07, 6.45) is 0. The predicted molar refractivity (Wildman–Crippen MR) is 80.9 cm³/mol. The van der Waals surface area contributed by atoms with Crippen molar-refractivity contribution in [3.63, 3.8) is 0 Å². The minimum Gasteiger partial charge on any atom is -0.346 e. The average molecular weight is 318 g/mol. The van der Waals surface area contributed by atoms with Crippen molar-refractivity contribution in [2.45, 2.75) is 19.9 Å². The van der Waals surface area contributed by atoms with E-state index in [0.29, 0.717) is 15.7 Å². The van der Waals surface area contributed by atoms with Gasteiger partial charge in [-0.3, -0.25) is 9.59 Å². The molecule has 5 nitrogen and oxygen atoms in total. The lowest BCUT2D eigenvalue weighted by Gasteiger charge is -2.15. The number of carbonyl (C=O) groups is 2. The Morgan fingerprint density at radius 1 is 1.30 bits per heavy atom. The van der Waals surface area contributed by atoms with Crippen LogP contribution in [0.2, 0.25) is 10.0 Å². The largest absolute Gasteiger partial charge is 0.346 e. The molecule has 0 aliphatic heterocycles. The summed E-state index contributed by atoms with van der Waals surface area (Å²) in [5, 5.41) is 5.85. The van der Waals surface area contributed by atoms with Gasteiger partial charge in [0, 0.05) is 5.02 Å². The first-order valence-corrected chi connectivity index (χ1v) is 6.85. The van der Waals surface area contributed by atoms with Gasteiger partial charge in [0.2, 0.25) is 11.8 Å². The van der Waals surface area contributed by atoms with Crippen molar-refractivity contribution < 1.29 is 9.59 Å². The first-order chi connectivity index (χ1) is 9.31. The molecule has 0 unspecified atom stereocenters. The molecule has 0 aliphatic rings. The van der Waals surface area contributed by atoms with Crippen LogP contribution in [0.1, 0.15) is 13.8 Å². The molecule has 4 N–H and O–H groups in total. The van der Waals surface area contributed by atoms with Gasteiger partial charge in [0.25, 0.3) is 0 Å². The van der Waals surface area contributed by atoms with Gasteiger partial charge in [-0.2, -0.15) is 0 Å². The van der Waals surface area contributed by atoms with E-state index in [1.54, 1.807) is 12.1 Å². The Labute approximate surface area is 127 Å². The fourth-order valence-corrected chi connectivity index (χ4v) is 1.83. The van der Waals surface area contributed by atoms with Crippen LogP contribution < -0.4 is 16.4 Å². The van der Waals surface area contributed by atoms with E-state index in [1.807, 2.05) is 13.8 Å². The maximum absolute atomic E-state index is 11.7. The molecule has 0 bridgehead atoms. The Morgan fingerprint density at radius 3 is 2.50 bits per heavy atom. The van der Waals surface area contributed by atoms with Crippen LogP contribution in [0.25, 0.3) is 0 Å². The Balaban J connectivity index is 2.50. The van der Waals surface area contributed by atoms with Crippen LogP contribution in [0.5, 0.6) is 0 Å². The molecule has 0 heterocycles. The number of amides is 2. The molecular weight excluding hydrogens is 301 g/mol. The van der Waals surface area contributed by atoms with Gasteiger partial charge in [0.1, 0.15) is 0 Å². The Morgan fingerprint density at radius 2 is 1.95 bits per heavy atom. The molecule has 0 saturated heterocycles. The van der Waals surface area contributed by atoms with Gasteiger partial charge in [-0.15, -0.1) is 0 Å². The van der Waals surface area contributed by atoms with Crippen LogP contribution in [0.4, 0.5) is 5.69 Å². The summed E-state index contributed by atoms with van der Waals surface area (Å²) >= 11 is 11.7.